The molecule has 39 heavy (non-hydrogen) atoms. The third-order valence-corrected chi connectivity index (χ3v) is 4.53. The molecule has 6 N–H and O–H groups in total. The first-order valence-electron chi connectivity index (χ1n) is 10.2. The molecule has 16 heteroatoms. The maximum Gasteiger partial charge on any atom is 0.341 e. The number of benzene rings is 3. The highest BCUT2D eigenvalue weighted by molar-refractivity contribution is 5.94. The Balaban J connectivity index is 0.000000293. The van der Waals surface area contributed by atoms with Crippen LogP contribution in [0.25, 0.3) is 0 Å². The average molecular weight is 547 g/mol. The average Bonchev–Trinajstić information content (AvgIpc) is 2.89. The number of esters is 2. The molecule has 0 bridgehead atoms. The quantitative estimate of drug-likeness (QED) is 0.101. The summed E-state index contributed by atoms with van der Waals surface area (Å²) in [4.78, 5) is 51.4. The van der Waals surface area contributed by atoms with Crippen LogP contribution in [0.4, 0.5) is 17.1 Å². The molecule has 206 valence electrons. The van der Waals surface area contributed by atoms with Crippen LogP contribution in [-0.4, -0.2) is 62.4 Å². The van der Waals surface area contributed by atoms with E-state index in [1.807, 2.05) is 0 Å². The number of rotatable bonds is 5. The lowest BCUT2D eigenvalue weighted by molar-refractivity contribution is -0.386. The molecule has 0 aromatic heterocycles. The van der Waals surface area contributed by atoms with Crippen LogP contribution >= 0.6 is 0 Å². The third-order valence-electron chi connectivity index (χ3n) is 4.53. The number of aromatic carboxylic acids is 1. The van der Waals surface area contributed by atoms with Crippen LogP contribution < -0.4 is 5.73 Å². The Labute approximate surface area is 218 Å². The summed E-state index contributed by atoms with van der Waals surface area (Å²) >= 11 is 0. The second-order valence-electron chi connectivity index (χ2n) is 6.89. The normalized spacial score (nSPS) is 9.49. The lowest BCUT2D eigenvalue weighted by Gasteiger charge is -2.03. The van der Waals surface area contributed by atoms with Gasteiger partial charge in [0, 0.05) is 12.1 Å². The number of nitro groups is 2. The van der Waals surface area contributed by atoms with Crippen LogP contribution in [0.3, 0.4) is 0 Å². The van der Waals surface area contributed by atoms with E-state index in [2.05, 4.69) is 9.47 Å². The van der Waals surface area contributed by atoms with Crippen LogP contribution in [0.5, 0.6) is 17.2 Å². The van der Waals surface area contributed by atoms with Gasteiger partial charge in [-0.2, -0.15) is 0 Å². The van der Waals surface area contributed by atoms with E-state index in [0.29, 0.717) is 0 Å². The number of nitrogens with two attached hydrogens (primary N) is 1. The molecule has 0 radical (unpaired) electrons. The highest BCUT2D eigenvalue weighted by atomic mass is 16.6. The lowest BCUT2D eigenvalue weighted by Crippen LogP contribution is -2.02. The summed E-state index contributed by atoms with van der Waals surface area (Å²) in [5.74, 6) is -4.54. The van der Waals surface area contributed by atoms with Crippen molar-refractivity contribution in [3.05, 3.63) is 91.5 Å². The smallest absolute Gasteiger partial charge is 0.341 e. The topological polar surface area (TPSA) is 263 Å². The summed E-state index contributed by atoms with van der Waals surface area (Å²) in [6.45, 7) is 0. The largest absolute Gasteiger partial charge is 0.505 e. The Morgan fingerprint density at radius 3 is 1.44 bits per heavy atom. The van der Waals surface area contributed by atoms with Gasteiger partial charge in [-0.1, -0.05) is 18.2 Å². The van der Waals surface area contributed by atoms with Crippen LogP contribution in [0, 0.1) is 20.2 Å². The number of nitro benzene ring substituents is 2. The fourth-order valence-electron chi connectivity index (χ4n) is 2.64. The van der Waals surface area contributed by atoms with Crippen LogP contribution in [0.2, 0.25) is 0 Å². The summed E-state index contributed by atoms with van der Waals surface area (Å²) in [6, 6.07) is 11.5. The standard InChI is InChI=1S/C8H7NO5.C8H9NO3.C7H5NO5/c1-14-8(11)5-3-2-4-6(7(5)10)9(12)13;1-12-8(11)5-3-2-4-6(9)7(5)10;9-6-4(7(10)11)2-1-3-5(6)8(12)13/h2-4,10H,1H3;2-4,10H,9H2,1H3;1-3,9H,(H,10,11). The van der Waals surface area contributed by atoms with Crippen molar-refractivity contribution in [2.45, 2.75) is 0 Å². The number of carboxylic acid groups (broad SMARTS) is 1. The zero-order valence-electron chi connectivity index (χ0n) is 20.1. The molecule has 0 aliphatic rings. The number of aromatic hydroxyl groups is 3. The van der Waals surface area contributed by atoms with Crippen molar-refractivity contribution in [2.24, 2.45) is 0 Å². The first-order chi connectivity index (χ1) is 18.3. The minimum absolute atomic E-state index is 0.0810. The van der Waals surface area contributed by atoms with Crippen molar-refractivity contribution in [2.75, 3.05) is 20.0 Å². The van der Waals surface area contributed by atoms with E-state index in [0.717, 1.165) is 25.3 Å². The Hall–Kier alpha value is -5.93. The second-order valence-corrected chi connectivity index (χ2v) is 6.89. The predicted octanol–water partition coefficient (Wildman–Crippen LogP) is 2.85. The van der Waals surface area contributed by atoms with Gasteiger partial charge in [-0.3, -0.25) is 20.2 Å². The van der Waals surface area contributed by atoms with Gasteiger partial charge in [0.1, 0.15) is 16.7 Å². The first kappa shape index (κ1) is 31.1. The highest BCUT2D eigenvalue weighted by Crippen LogP contribution is 2.30. The first-order valence-corrected chi connectivity index (χ1v) is 10.2. The summed E-state index contributed by atoms with van der Waals surface area (Å²) < 4.78 is 8.75. The van der Waals surface area contributed by atoms with E-state index in [9.17, 15) is 44.8 Å². The number of phenolic OH excluding ortho intramolecular Hbond substituents is 2. The molecule has 0 fully saturated rings. The summed E-state index contributed by atoms with van der Waals surface area (Å²) in [5, 5.41) is 56.8. The van der Waals surface area contributed by atoms with E-state index in [1.165, 1.54) is 37.4 Å². The maximum atomic E-state index is 11.0. The van der Waals surface area contributed by atoms with Crippen LogP contribution in [-0.2, 0) is 9.47 Å². The van der Waals surface area contributed by atoms with E-state index in [-0.39, 0.29) is 22.6 Å². The maximum absolute atomic E-state index is 11.0. The number of carbonyl (C=O) groups is 3. The molecule has 16 nitrogen and oxygen atoms in total. The summed E-state index contributed by atoms with van der Waals surface area (Å²) in [7, 11) is 2.37. The Bertz CT molecular complexity index is 1370. The fourth-order valence-corrected chi connectivity index (χ4v) is 2.64. The molecule has 3 aromatic carbocycles. The number of nitrogens with zero attached hydrogens (tertiary/aromatic N) is 2. The SMILES string of the molecule is COC(=O)c1cccc(N)c1O.COC(=O)c1cccc([N+](=O)[O-])c1O.O=C(O)c1cccc([N+](=O)[O-])c1O. The Morgan fingerprint density at radius 1 is 0.692 bits per heavy atom. The van der Waals surface area contributed by atoms with E-state index < -0.39 is 56.2 Å². The summed E-state index contributed by atoms with van der Waals surface area (Å²) in [6.07, 6.45) is 0. The van der Waals surface area contributed by atoms with Crippen molar-refractivity contribution in [3.8, 4) is 17.2 Å². The number of hydrogen-bond acceptors (Lipinski definition) is 13. The number of nitrogen functional groups attached to an aromatic ring is 1. The zero-order valence-corrected chi connectivity index (χ0v) is 20.1. The zero-order chi connectivity index (χ0) is 29.9. The molecule has 0 atom stereocenters. The van der Waals surface area contributed by atoms with Gasteiger partial charge in [0.15, 0.2) is 5.75 Å². The van der Waals surface area contributed by atoms with Crippen molar-refractivity contribution >= 4 is 35.0 Å². The number of anilines is 1. The minimum Gasteiger partial charge on any atom is -0.505 e. The number of carboxylic acids is 1. The van der Waals surface area contributed by atoms with Gasteiger partial charge >= 0.3 is 29.3 Å². The third kappa shape index (κ3) is 8.04. The van der Waals surface area contributed by atoms with Crippen LogP contribution in [0.15, 0.2) is 54.6 Å². The molecular weight excluding hydrogens is 526 g/mol. The summed E-state index contributed by atoms with van der Waals surface area (Å²) in [5.41, 5.74) is 3.77. The number of methoxy groups -OCH3 is 2. The van der Waals surface area contributed by atoms with Gasteiger partial charge in [-0.05, 0) is 24.3 Å². The van der Waals surface area contributed by atoms with E-state index >= 15 is 0 Å². The number of hydrogen-bond donors (Lipinski definition) is 5. The van der Waals surface area contributed by atoms with Gasteiger partial charge in [0.25, 0.3) is 0 Å². The molecule has 0 unspecified atom stereocenters. The Kier molecular flexibility index (Phi) is 11.1. The molecule has 3 aromatic rings. The van der Waals surface area contributed by atoms with Gasteiger partial charge in [-0.15, -0.1) is 0 Å². The number of phenols is 3. The highest BCUT2D eigenvalue weighted by Gasteiger charge is 2.21. The van der Waals surface area contributed by atoms with Crippen molar-refractivity contribution in [1.29, 1.82) is 0 Å². The molecule has 0 spiro atoms. The van der Waals surface area contributed by atoms with E-state index in [4.69, 9.17) is 15.9 Å². The lowest BCUT2D eigenvalue weighted by atomic mass is 10.2. The monoisotopic (exact) mass is 547 g/mol. The molecule has 0 saturated heterocycles. The molecular formula is C23H21N3O13. The molecule has 0 aliphatic carbocycles. The predicted molar refractivity (Wildman–Crippen MR) is 132 cm³/mol. The van der Waals surface area contributed by atoms with Crippen molar-refractivity contribution in [1.82, 2.24) is 0 Å². The molecule has 0 saturated carbocycles. The number of ether oxygens (including phenoxy) is 2. The second kappa shape index (κ2) is 14.0. The van der Waals surface area contributed by atoms with Gasteiger partial charge in [0.2, 0.25) is 11.5 Å². The van der Waals surface area contributed by atoms with Crippen molar-refractivity contribution in [3.63, 3.8) is 0 Å². The van der Waals surface area contributed by atoms with Gasteiger partial charge in [0.05, 0.1) is 29.8 Å². The molecule has 0 aliphatic heterocycles. The van der Waals surface area contributed by atoms with Crippen molar-refractivity contribution < 1.29 is 54.1 Å². The number of para-hydroxylation sites is 3. The molecule has 0 amide bonds. The Morgan fingerprint density at radius 2 is 1.05 bits per heavy atom. The minimum atomic E-state index is -1.40. The van der Waals surface area contributed by atoms with Crippen LogP contribution in [0.1, 0.15) is 31.1 Å². The van der Waals surface area contributed by atoms with E-state index in [1.54, 1.807) is 6.07 Å². The fraction of sp³-hybridized carbons (Fsp3) is 0.0870. The number of carbonyl (C=O) groups excluding carboxylic acids is 2. The molecule has 3 rings (SSSR count). The van der Waals surface area contributed by atoms with Gasteiger partial charge < -0.3 is 35.6 Å². The van der Waals surface area contributed by atoms with Gasteiger partial charge in [-0.25, -0.2) is 14.4 Å². The molecule has 0 heterocycles.